The van der Waals surface area contributed by atoms with Crippen molar-refractivity contribution in [2.24, 2.45) is 5.73 Å². The standard InChI is InChI=1S/C14H22FNO3/c1-11(16)13-5-4-12(10-14(13)15)19-9-8-18-7-3-6-17-2/h4-5,10-11H,3,6-9,16H2,1-2H3. The smallest absolute Gasteiger partial charge is 0.131 e. The first-order valence-electron chi connectivity index (χ1n) is 6.39. The molecule has 0 amide bonds. The minimum atomic E-state index is -0.339. The second-order valence-corrected chi connectivity index (χ2v) is 4.28. The number of benzene rings is 1. The van der Waals surface area contributed by atoms with E-state index in [4.69, 9.17) is 19.9 Å². The molecule has 1 aromatic rings. The topological polar surface area (TPSA) is 53.7 Å². The SMILES string of the molecule is COCCCOCCOc1ccc(C(C)N)c(F)c1. The van der Waals surface area contributed by atoms with Crippen molar-refractivity contribution < 1.29 is 18.6 Å². The van der Waals surface area contributed by atoms with Gasteiger partial charge in [0.25, 0.3) is 0 Å². The summed E-state index contributed by atoms with van der Waals surface area (Å²) in [6, 6.07) is 4.39. The van der Waals surface area contributed by atoms with E-state index in [9.17, 15) is 4.39 Å². The monoisotopic (exact) mass is 271 g/mol. The lowest BCUT2D eigenvalue weighted by Gasteiger charge is -2.10. The van der Waals surface area contributed by atoms with Crippen LogP contribution in [0.15, 0.2) is 18.2 Å². The van der Waals surface area contributed by atoms with Crippen molar-refractivity contribution in [3.63, 3.8) is 0 Å². The van der Waals surface area contributed by atoms with Crippen LogP contribution in [0, 0.1) is 5.82 Å². The van der Waals surface area contributed by atoms with Gasteiger partial charge in [-0.1, -0.05) is 6.07 Å². The third-order valence-electron chi connectivity index (χ3n) is 2.60. The van der Waals surface area contributed by atoms with Crippen LogP contribution in [0.2, 0.25) is 0 Å². The fourth-order valence-electron chi connectivity index (χ4n) is 1.59. The molecule has 0 fully saturated rings. The molecular formula is C14H22FNO3. The highest BCUT2D eigenvalue weighted by molar-refractivity contribution is 5.30. The lowest BCUT2D eigenvalue weighted by molar-refractivity contribution is 0.0805. The summed E-state index contributed by atoms with van der Waals surface area (Å²) in [5.74, 6) is 0.149. The molecular weight excluding hydrogens is 249 g/mol. The molecule has 1 aromatic carbocycles. The second-order valence-electron chi connectivity index (χ2n) is 4.28. The maximum Gasteiger partial charge on any atom is 0.131 e. The Morgan fingerprint density at radius 2 is 2.00 bits per heavy atom. The molecule has 19 heavy (non-hydrogen) atoms. The van der Waals surface area contributed by atoms with E-state index < -0.39 is 0 Å². The van der Waals surface area contributed by atoms with Crippen molar-refractivity contribution in [2.45, 2.75) is 19.4 Å². The summed E-state index contributed by atoms with van der Waals surface area (Å²) in [5, 5.41) is 0. The summed E-state index contributed by atoms with van der Waals surface area (Å²) in [5.41, 5.74) is 6.12. The van der Waals surface area contributed by atoms with E-state index in [1.807, 2.05) is 0 Å². The van der Waals surface area contributed by atoms with Crippen LogP contribution in [0.4, 0.5) is 4.39 Å². The Balaban J connectivity index is 2.25. The number of halogens is 1. The van der Waals surface area contributed by atoms with Crippen LogP contribution in [0.1, 0.15) is 24.9 Å². The van der Waals surface area contributed by atoms with Gasteiger partial charge in [-0.2, -0.15) is 0 Å². The normalized spacial score (nSPS) is 12.4. The lowest BCUT2D eigenvalue weighted by Crippen LogP contribution is -2.10. The number of nitrogens with two attached hydrogens (primary N) is 1. The zero-order valence-electron chi connectivity index (χ0n) is 11.5. The molecule has 0 aliphatic heterocycles. The molecule has 1 atom stereocenters. The van der Waals surface area contributed by atoms with Gasteiger partial charge in [-0.15, -0.1) is 0 Å². The van der Waals surface area contributed by atoms with Gasteiger partial charge in [0, 0.05) is 38.0 Å². The predicted molar refractivity (Wildman–Crippen MR) is 71.8 cm³/mol. The van der Waals surface area contributed by atoms with Crippen LogP contribution in [0.25, 0.3) is 0 Å². The second kappa shape index (κ2) is 8.85. The zero-order chi connectivity index (χ0) is 14.1. The average molecular weight is 271 g/mol. The van der Waals surface area contributed by atoms with E-state index in [1.165, 1.54) is 6.07 Å². The first-order valence-corrected chi connectivity index (χ1v) is 6.39. The van der Waals surface area contributed by atoms with E-state index in [1.54, 1.807) is 26.2 Å². The Morgan fingerprint density at radius 1 is 1.21 bits per heavy atom. The van der Waals surface area contributed by atoms with Crippen LogP contribution in [0.3, 0.4) is 0 Å². The Labute approximate surface area is 113 Å². The van der Waals surface area contributed by atoms with Crippen molar-refractivity contribution in [3.8, 4) is 5.75 Å². The molecule has 0 saturated carbocycles. The molecule has 1 rings (SSSR count). The van der Waals surface area contributed by atoms with Gasteiger partial charge < -0.3 is 19.9 Å². The average Bonchev–Trinajstić information content (AvgIpc) is 2.37. The molecule has 0 aliphatic carbocycles. The van der Waals surface area contributed by atoms with Crippen molar-refractivity contribution in [3.05, 3.63) is 29.6 Å². The summed E-state index contributed by atoms with van der Waals surface area (Å²) in [6.45, 7) is 3.93. The number of ether oxygens (including phenoxy) is 3. The summed E-state index contributed by atoms with van der Waals surface area (Å²) in [7, 11) is 1.66. The third kappa shape index (κ3) is 6.00. The molecule has 0 spiro atoms. The van der Waals surface area contributed by atoms with E-state index in [2.05, 4.69) is 0 Å². The van der Waals surface area contributed by atoms with Gasteiger partial charge in [-0.25, -0.2) is 4.39 Å². The molecule has 5 heteroatoms. The van der Waals surface area contributed by atoms with Gasteiger partial charge in [0.2, 0.25) is 0 Å². The minimum absolute atomic E-state index is 0.321. The van der Waals surface area contributed by atoms with Gasteiger partial charge in [0.15, 0.2) is 0 Å². The summed E-state index contributed by atoms with van der Waals surface area (Å²) >= 11 is 0. The van der Waals surface area contributed by atoms with Crippen LogP contribution in [0.5, 0.6) is 5.75 Å². The molecule has 0 aromatic heterocycles. The minimum Gasteiger partial charge on any atom is -0.491 e. The summed E-state index contributed by atoms with van der Waals surface area (Å²) in [4.78, 5) is 0. The van der Waals surface area contributed by atoms with Gasteiger partial charge in [0.1, 0.15) is 18.2 Å². The highest BCUT2D eigenvalue weighted by atomic mass is 19.1. The number of hydrogen-bond acceptors (Lipinski definition) is 4. The van der Waals surface area contributed by atoms with Crippen molar-refractivity contribution in [1.82, 2.24) is 0 Å². The maximum atomic E-state index is 13.6. The van der Waals surface area contributed by atoms with Crippen LogP contribution in [-0.4, -0.2) is 33.5 Å². The van der Waals surface area contributed by atoms with Crippen LogP contribution in [-0.2, 0) is 9.47 Å². The summed E-state index contributed by atoms with van der Waals surface area (Å²) in [6.07, 6.45) is 0.855. The summed E-state index contributed by atoms with van der Waals surface area (Å²) < 4.78 is 29.2. The van der Waals surface area contributed by atoms with E-state index in [0.29, 0.717) is 37.7 Å². The maximum absolute atomic E-state index is 13.6. The highest BCUT2D eigenvalue weighted by Gasteiger charge is 2.07. The number of rotatable bonds is 9. The lowest BCUT2D eigenvalue weighted by atomic mass is 10.1. The van der Waals surface area contributed by atoms with Gasteiger partial charge in [0.05, 0.1) is 6.61 Å². The van der Waals surface area contributed by atoms with Gasteiger partial charge in [-0.3, -0.25) is 0 Å². The largest absolute Gasteiger partial charge is 0.491 e. The quantitative estimate of drug-likeness (QED) is 0.700. The Kier molecular flexibility index (Phi) is 7.40. The Bertz CT molecular complexity index is 372. The molecule has 0 saturated heterocycles. The molecule has 1 unspecified atom stereocenters. The molecule has 0 heterocycles. The molecule has 0 bridgehead atoms. The zero-order valence-corrected chi connectivity index (χ0v) is 11.5. The van der Waals surface area contributed by atoms with E-state index >= 15 is 0 Å². The van der Waals surface area contributed by atoms with E-state index in [0.717, 1.165) is 6.42 Å². The molecule has 2 N–H and O–H groups in total. The fourth-order valence-corrected chi connectivity index (χ4v) is 1.59. The third-order valence-corrected chi connectivity index (χ3v) is 2.60. The number of hydrogen-bond donors (Lipinski definition) is 1. The van der Waals surface area contributed by atoms with Gasteiger partial charge in [-0.05, 0) is 19.4 Å². The molecule has 0 radical (unpaired) electrons. The van der Waals surface area contributed by atoms with Crippen LogP contribution >= 0.6 is 0 Å². The first kappa shape index (κ1) is 15.9. The highest BCUT2D eigenvalue weighted by Crippen LogP contribution is 2.20. The fraction of sp³-hybridized carbons (Fsp3) is 0.571. The molecule has 108 valence electrons. The van der Waals surface area contributed by atoms with Gasteiger partial charge >= 0.3 is 0 Å². The molecule has 0 aliphatic rings. The predicted octanol–water partition coefficient (Wildman–Crippen LogP) is 2.28. The first-order chi connectivity index (χ1) is 9.15. The number of methoxy groups -OCH3 is 1. The molecule has 4 nitrogen and oxygen atoms in total. The van der Waals surface area contributed by atoms with Crippen LogP contribution < -0.4 is 10.5 Å². The van der Waals surface area contributed by atoms with Crippen molar-refractivity contribution in [2.75, 3.05) is 33.5 Å². The Morgan fingerprint density at radius 3 is 2.63 bits per heavy atom. The van der Waals surface area contributed by atoms with Crippen molar-refractivity contribution >= 4 is 0 Å². The van der Waals surface area contributed by atoms with Crippen molar-refractivity contribution in [1.29, 1.82) is 0 Å². The Hall–Kier alpha value is -1.17. The van der Waals surface area contributed by atoms with E-state index in [-0.39, 0.29) is 11.9 Å².